The second-order valence-corrected chi connectivity index (χ2v) is 3.41. The van der Waals surface area contributed by atoms with Crippen LogP contribution in [0.1, 0.15) is 24.1 Å². The predicted molar refractivity (Wildman–Crippen MR) is 60.7 cm³/mol. The van der Waals surface area contributed by atoms with Crippen LogP contribution in [0.4, 0.5) is 5.95 Å². The van der Waals surface area contributed by atoms with Crippen LogP contribution in [0.3, 0.4) is 0 Å². The molecule has 0 aliphatic rings. The van der Waals surface area contributed by atoms with Gasteiger partial charge in [-0.25, -0.2) is 4.98 Å². The van der Waals surface area contributed by atoms with Crippen molar-refractivity contribution in [2.24, 2.45) is 0 Å². The Kier molecular flexibility index (Phi) is 3.05. The Labute approximate surface area is 93.8 Å². The molecule has 0 saturated carbocycles. The molecule has 2 aromatic heterocycles. The molecule has 2 N–H and O–H groups in total. The third kappa shape index (κ3) is 2.50. The van der Waals surface area contributed by atoms with Gasteiger partial charge >= 0.3 is 0 Å². The molecular formula is C11H13N5. The number of anilines is 1. The van der Waals surface area contributed by atoms with Gasteiger partial charge in [-0.15, -0.1) is 0 Å². The fourth-order valence-corrected chi connectivity index (χ4v) is 1.41. The maximum atomic E-state index is 5.61. The van der Waals surface area contributed by atoms with Gasteiger partial charge in [0.15, 0.2) is 0 Å². The lowest BCUT2D eigenvalue weighted by molar-refractivity contribution is 0.845. The maximum Gasteiger partial charge on any atom is 0.223 e. The Morgan fingerprint density at radius 2 is 1.75 bits per heavy atom. The van der Waals surface area contributed by atoms with E-state index in [4.69, 9.17) is 5.73 Å². The molecular weight excluding hydrogens is 202 g/mol. The summed E-state index contributed by atoms with van der Waals surface area (Å²) < 4.78 is 0. The smallest absolute Gasteiger partial charge is 0.223 e. The Bertz CT molecular complexity index is 469. The largest absolute Gasteiger partial charge is 0.368 e. The molecule has 0 aliphatic carbocycles. The molecule has 2 aromatic rings. The predicted octanol–water partition coefficient (Wildman–Crippen LogP) is 1.00. The summed E-state index contributed by atoms with van der Waals surface area (Å²) in [6, 6.07) is 3.87. The quantitative estimate of drug-likeness (QED) is 0.826. The van der Waals surface area contributed by atoms with Gasteiger partial charge in [0.2, 0.25) is 5.95 Å². The summed E-state index contributed by atoms with van der Waals surface area (Å²) in [7, 11) is 0. The van der Waals surface area contributed by atoms with Crippen molar-refractivity contribution in [3.63, 3.8) is 0 Å². The first kappa shape index (κ1) is 10.5. The molecule has 2 rings (SSSR count). The first-order valence-corrected chi connectivity index (χ1v) is 5.16. The summed E-state index contributed by atoms with van der Waals surface area (Å²) >= 11 is 0. The summed E-state index contributed by atoms with van der Waals surface area (Å²) in [5.74, 6) is 1.73. The lowest BCUT2D eigenvalue weighted by Gasteiger charge is -2.03. The summed E-state index contributed by atoms with van der Waals surface area (Å²) in [4.78, 5) is 16.4. The number of rotatable bonds is 3. The minimum Gasteiger partial charge on any atom is -0.368 e. The molecule has 5 heteroatoms. The number of nitrogens with two attached hydrogens (primary N) is 1. The minimum atomic E-state index is 0.288. The number of aryl methyl sites for hydroxylation is 1. The highest BCUT2D eigenvalue weighted by Gasteiger charge is 2.03. The van der Waals surface area contributed by atoms with Crippen LogP contribution in [0.15, 0.2) is 24.5 Å². The van der Waals surface area contributed by atoms with Crippen LogP contribution in [0, 0.1) is 0 Å². The lowest BCUT2D eigenvalue weighted by atomic mass is 10.2. The molecule has 0 bridgehead atoms. The molecule has 16 heavy (non-hydrogen) atoms. The van der Waals surface area contributed by atoms with Gasteiger partial charge in [-0.1, -0.05) is 6.92 Å². The van der Waals surface area contributed by atoms with E-state index in [2.05, 4.69) is 19.9 Å². The van der Waals surface area contributed by atoms with E-state index >= 15 is 0 Å². The number of aromatic nitrogens is 4. The number of pyridine rings is 1. The Morgan fingerprint density at radius 1 is 1.06 bits per heavy atom. The molecule has 0 aromatic carbocycles. The highest BCUT2D eigenvalue weighted by molar-refractivity contribution is 5.20. The van der Waals surface area contributed by atoms with Crippen molar-refractivity contribution >= 4 is 5.95 Å². The van der Waals surface area contributed by atoms with Crippen LogP contribution >= 0.6 is 0 Å². The fraction of sp³-hybridized carbons (Fsp3) is 0.273. The third-order valence-corrected chi connectivity index (χ3v) is 2.17. The zero-order valence-electron chi connectivity index (χ0n) is 9.09. The number of hydrogen-bond acceptors (Lipinski definition) is 5. The normalized spacial score (nSPS) is 10.3. The van der Waals surface area contributed by atoms with E-state index in [1.54, 1.807) is 12.4 Å². The molecule has 0 atom stereocenters. The molecule has 0 aliphatic heterocycles. The molecule has 0 unspecified atom stereocenters. The van der Waals surface area contributed by atoms with Crippen molar-refractivity contribution in [3.8, 4) is 0 Å². The van der Waals surface area contributed by atoms with Crippen LogP contribution < -0.4 is 5.73 Å². The molecule has 0 amide bonds. The van der Waals surface area contributed by atoms with Crippen LogP contribution in [-0.2, 0) is 12.8 Å². The Hall–Kier alpha value is -2.04. The molecule has 0 saturated heterocycles. The second kappa shape index (κ2) is 4.65. The van der Waals surface area contributed by atoms with Crippen molar-refractivity contribution in [1.82, 2.24) is 19.9 Å². The van der Waals surface area contributed by atoms with Gasteiger partial charge in [0.1, 0.15) is 11.6 Å². The topological polar surface area (TPSA) is 77.6 Å². The highest BCUT2D eigenvalue weighted by Crippen LogP contribution is 2.05. The van der Waals surface area contributed by atoms with Gasteiger partial charge in [-0.2, -0.15) is 9.97 Å². The lowest BCUT2D eigenvalue weighted by Crippen LogP contribution is -2.07. The maximum absolute atomic E-state index is 5.61. The van der Waals surface area contributed by atoms with E-state index in [-0.39, 0.29) is 5.95 Å². The van der Waals surface area contributed by atoms with E-state index in [0.717, 1.165) is 17.8 Å². The summed E-state index contributed by atoms with van der Waals surface area (Å²) in [6.07, 6.45) is 4.92. The first-order valence-electron chi connectivity index (χ1n) is 5.16. The molecule has 0 radical (unpaired) electrons. The van der Waals surface area contributed by atoms with Gasteiger partial charge in [0.05, 0.1) is 0 Å². The van der Waals surface area contributed by atoms with E-state index in [9.17, 15) is 0 Å². The van der Waals surface area contributed by atoms with Crippen molar-refractivity contribution < 1.29 is 0 Å². The summed E-state index contributed by atoms with van der Waals surface area (Å²) in [5, 5.41) is 0. The van der Waals surface area contributed by atoms with Crippen molar-refractivity contribution in [3.05, 3.63) is 41.7 Å². The Morgan fingerprint density at radius 3 is 2.44 bits per heavy atom. The molecule has 5 nitrogen and oxygen atoms in total. The Balaban J connectivity index is 2.24. The molecule has 0 fully saturated rings. The van der Waals surface area contributed by atoms with Gasteiger partial charge in [-0.3, -0.25) is 4.98 Å². The highest BCUT2D eigenvalue weighted by atomic mass is 15.1. The number of nitrogen functional groups attached to an aromatic ring is 1. The van der Waals surface area contributed by atoms with Crippen LogP contribution in [-0.4, -0.2) is 19.9 Å². The van der Waals surface area contributed by atoms with Crippen LogP contribution in [0.2, 0.25) is 0 Å². The van der Waals surface area contributed by atoms with Gasteiger partial charge < -0.3 is 5.73 Å². The van der Waals surface area contributed by atoms with Crippen molar-refractivity contribution in [2.45, 2.75) is 19.8 Å². The third-order valence-electron chi connectivity index (χ3n) is 2.17. The van der Waals surface area contributed by atoms with E-state index in [1.165, 1.54) is 0 Å². The van der Waals surface area contributed by atoms with Crippen LogP contribution in [0.25, 0.3) is 0 Å². The van der Waals surface area contributed by atoms with Gasteiger partial charge in [0, 0.05) is 25.2 Å². The SMILES string of the molecule is CCc1nc(N)nc(Cc2ccncc2)n1. The average molecular weight is 215 g/mol. The monoisotopic (exact) mass is 215 g/mol. The fourth-order valence-electron chi connectivity index (χ4n) is 1.41. The summed E-state index contributed by atoms with van der Waals surface area (Å²) in [6.45, 7) is 1.99. The molecule has 82 valence electrons. The zero-order valence-corrected chi connectivity index (χ0v) is 9.09. The standard InChI is InChI=1S/C11H13N5/c1-2-9-14-10(16-11(12)15-9)7-8-3-5-13-6-4-8/h3-6H,2,7H2,1H3,(H2,12,14,15,16). The average Bonchev–Trinajstić information content (AvgIpc) is 2.29. The van der Waals surface area contributed by atoms with Crippen LogP contribution in [0.5, 0.6) is 0 Å². The van der Waals surface area contributed by atoms with E-state index in [0.29, 0.717) is 12.2 Å². The zero-order chi connectivity index (χ0) is 11.4. The summed E-state index contributed by atoms with van der Waals surface area (Å²) in [5.41, 5.74) is 6.73. The van der Waals surface area contributed by atoms with Crippen molar-refractivity contribution in [2.75, 3.05) is 5.73 Å². The number of hydrogen-bond donors (Lipinski definition) is 1. The number of nitrogens with zero attached hydrogens (tertiary/aromatic N) is 4. The second-order valence-electron chi connectivity index (χ2n) is 3.41. The van der Waals surface area contributed by atoms with Gasteiger partial charge in [0.25, 0.3) is 0 Å². The van der Waals surface area contributed by atoms with Crippen molar-refractivity contribution in [1.29, 1.82) is 0 Å². The molecule has 0 spiro atoms. The molecule has 2 heterocycles. The van der Waals surface area contributed by atoms with E-state index in [1.807, 2.05) is 19.1 Å². The van der Waals surface area contributed by atoms with Gasteiger partial charge in [-0.05, 0) is 17.7 Å². The first-order chi connectivity index (χ1) is 7.78. The minimum absolute atomic E-state index is 0.288. The van der Waals surface area contributed by atoms with E-state index < -0.39 is 0 Å².